The molecule has 0 radical (unpaired) electrons. The lowest BCUT2D eigenvalue weighted by Crippen LogP contribution is -2.57. The van der Waals surface area contributed by atoms with Gasteiger partial charge in [0.1, 0.15) is 5.82 Å². The number of halogens is 3. The molecule has 0 aromatic carbocycles. The van der Waals surface area contributed by atoms with Gasteiger partial charge in [0, 0.05) is 18.9 Å². The van der Waals surface area contributed by atoms with Gasteiger partial charge in [0.2, 0.25) is 0 Å². The number of Topliss-reactive ketones (excluding diaryl/α,β-unsaturated/α-hetero) is 1. The number of hydrogen-bond acceptors (Lipinski definition) is 3. The normalized spacial score (nSPS) is 15.6. The molecular weight excluding hydrogens is 235 g/mol. The van der Waals surface area contributed by atoms with Gasteiger partial charge in [-0.2, -0.15) is 13.2 Å². The Hall–Kier alpha value is -1.37. The molecule has 0 aliphatic heterocycles. The molecule has 2 N–H and O–H groups in total. The lowest BCUT2D eigenvalue weighted by Gasteiger charge is -2.25. The van der Waals surface area contributed by atoms with Crippen molar-refractivity contribution < 1.29 is 18.0 Å². The van der Waals surface area contributed by atoms with Crippen molar-refractivity contribution in [1.82, 2.24) is 9.55 Å². The van der Waals surface area contributed by atoms with Gasteiger partial charge in [-0.15, -0.1) is 0 Å². The van der Waals surface area contributed by atoms with Crippen LogP contribution in [0.5, 0.6) is 0 Å². The van der Waals surface area contributed by atoms with Crippen LogP contribution in [0.2, 0.25) is 0 Å². The summed E-state index contributed by atoms with van der Waals surface area (Å²) in [6, 6.07) is 0. The first kappa shape index (κ1) is 13.7. The summed E-state index contributed by atoms with van der Waals surface area (Å²) in [6.07, 6.45) is -2.14. The molecule has 1 aromatic heterocycles. The molecule has 17 heavy (non-hydrogen) atoms. The smallest absolute Gasteiger partial charge is 0.335 e. The van der Waals surface area contributed by atoms with Crippen molar-refractivity contribution in [2.45, 2.75) is 38.5 Å². The van der Waals surface area contributed by atoms with Crippen LogP contribution in [0.4, 0.5) is 13.2 Å². The van der Waals surface area contributed by atoms with E-state index in [2.05, 4.69) is 4.98 Å². The average molecular weight is 249 g/mol. The minimum Gasteiger partial charge on any atom is -0.335 e. The van der Waals surface area contributed by atoms with E-state index in [0.29, 0.717) is 19.3 Å². The van der Waals surface area contributed by atoms with E-state index < -0.39 is 23.9 Å². The summed E-state index contributed by atoms with van der Waals surface area (Å²) in [6.45, 7) is 3.02. The Morgan fingerprint density at radius 1 is 1.53 bits per heavy atom. The van der Waals surface area contributed by atoms with Crippen LogP contribution in [0.3, 0.4) is 0 Å². The maximum absolute atomic E-state index is 12.5. The van der Waals surface area contributed by atoms with Gasteiger partial charge in [-0.3, -0.25) is 4.79 Å². The van der Waals surface area contributed by atoms with Crippen molar-refractivity contribution in [3.8, 4) is 0 Å². The third-order valence-corrected chi connectivity index (χ3v) is 2.63. The van der Waals surface area contributed by atoms with Crippen molar-refractivity contribution in [3.05, 3.63) is 18.2 Å². The predicted molar refractivity (Wildman–Crippen MR) is 55.3 cm³/mol. The maximum atomic E-state index is 12.5. The number of carbonyl (C=O) groups is 1. The number of nitrogens with two attached hydrogens (primary N) is 1. The first-order chi connectivity index (χ1) is 7.70. The summed E-state index contributed by atoms with van der Waals surface area (Å²) in [5.74, 6) is -0.802. The summed E-state index contributed by atoms with van der Waals surface area (Å²) in [4.78, 5) is 15.4. The zero-order valence-corrected chi connectivity index (χ0v) is 9.58. The molecule has 1 rings (SSSR count). The number of ketones is 1. The highest BCUT2D eigenvalue weighted by Gasteiger charge is 2.53. The van der Waals surface area contributed by atoms with E-state index in [-0.39, 0.29) is 0 Å². The second-order valence-corrected chi connectivity index (χ2v) is 3.93. The molecule has 0 amide bonds. The summed E-state index contributed by atoms with van der Waals surface area (Å²) in [5.41, 5.74) is 2.20. The molecular formula is C10H14F3N3O. The molecule has 0 aliphatic rings. The molecule has 96 valence electrons. The van der Waals surface area contributed by atoms with Gasteiger partial charge >= 0.3 is 6.18 Å². The fourth-order valence-corrected chi connectivity index (χ4v) is 1.28. The molecule has 4 nitrogen and oxygen atoms in total. The van der Waals surface area contributed by atoms with E-state index in [0.717, 1.165) is 0 Å². The van der Waals surface area contributed by atoms with Gasteiger partial charge in [0.15, 0.2) is 11.3 Å². The summed E-state index contributed by atoms with van der Waals surface area (Å²) in [7, 11) is 0. The van der Waals surface area contributed by atoms with Crippen LogP contribution in [0, 0.1) is 0 Å². The van der Waals surface area contributed by atoms with E-state index in [1.54, 1.807) is 17.7 Å². The van der Waals surface area contributed by atoms with Crippen LogP contribution < -0.4 is 5.73 Å². The third-order valence-electron chi connectivity index (χ3n) is 2.63. The SMILES string of the molecule is CCn1ccnc1CC(=O)C(C)(N)C(F)(F)F. The number of alkyl halides is 3. The van der Waals surface area contributed by atoms with Crippen molar-refractivity contribution in [2.75, 3.05) is 0 Å². The van der Waals surface area contributed by atoms with Gasteiger partial charge in [0.05, 0.1) is 6.42 Å². The van der Waals surface area contributed by atoms with Gasteiger partial charge in [-0.25, -0.2) is 4.98 Å². The fourth-order valence-electron chi connectivity index (χ4n) is 1.28. The van der Waals surface area contributed by atoms with Crippen LogP contribution in [-0.4, -0.2) is 27.0 Å². The van der Waals surface area contributed by atoms with E-state index in [1.165, 1.54) is 6.20 Å². The zero-order valence-electron chi connectivity index (χ0n) is 9.58. The van der Waals surface area contributed by atoms with E-state index >= 15 is 0 Å². The highest BCUT2D eigenvalue weighted by molar-refractivity contribution is 5.90. The lowest BCUT2D eigenvalue weighted by molar-refractivity contribution is -0.185. The van der Waals surface area contributed by atoms with Gasteiger partial charge in [-0.05, 0) is 13.8 Å². The number of hydrogen-bond donors (Lipinski definition) is 1. The Kier molecular flexibility index (Phi) is 3.61. The van der Waals surface area contributed by atoms with E-state index in [4.69, 9.17) is 5.73 Å². The number of aryl methyl sites for hydroxylation is 1. The first-order valence-corrected chi connectivity index (χ1v) is 5.09. The van der Waals surface area contributed by atoms with Crippen LogP contribution in [0.1, 0.15) is 19.7 Å². The predicted octanol–water partition coefficient (Wildman–Crippen LogP) is 1.29. The third kappa shape index (κ3) is 2.66. The summed E-state index contributed by atoms with van der Waals surface area (Å²) in [5, 5.41) is 0. The molecule has 1 unspecified atom stereocenters. The van der Waals surface area contributed by atoms with Crippen molar-refractivity contribution >= 4 is 5.78 Å². The Labute approximate surface area is 96.6 Å². The quantitative estimate of drug-likeness (QED) is 0.874. The van der Waals surface area contributed by atoms with Crippen LogP contribution in [0.25, 0.3) is 0 Å². The Morgan fingerprint density at radius 2 is 2.12 bits per heavy atom. The van der Waals surface area contributed by atoms with Gasteiger partial charge in [-0.1, -0.05) is 0 Å². The molecule has 1 atom stereocenters. The number of nitrogens with zero attached hydrogens (tertiary/aromatic N) is 2. The highest BCUT2D eigenvalue weighted by atomic mass is 19.4. The minimum atomic E-state index is -4.76. The van der Waals surface area contributed by atoms with Crippen LogP contribution in [0.15, 0.2) is 12.4 Å². The lowest BCUT2D eigenvalue weighted by atomic mass is 9.94. The van der Waals surface area contributed by atoms with Crippen molar-refractivity contribution in [1.29, 1.82) is 0 Å². The molecule has 0 fully saturated rings. The number of rotatable bonds is 4. The molecule has 0 spiro atoms. The molecule has 1 aromatic rings. The number of imidazole rings is 1. The Morgan fingerprint density at radius 3 is 2.59 bits per heavy atom. The monoisotopic (exact) mass is 249 g/mol. The largest absolute Gasteiger partial charge is 0.413 e. The van der Waals surface area contributed by atoms with Gasteiger partial charge < -0.3 is 10.3 Å². The fraction of sp³-hybridized carbons (Fsp3) is 0.600. The molecule has 0 aliphatic carbocycles. The minimum absolute atomic E-state index is 0.290. The zero-order chi connectivity index (χ0) is 13.3. The van der Waals surface area contributed by atoms with Crippen LogP contribution in [-0.2, 0) is 17.8 Å². The molecule has 1 heterocycles. The Balaban J connectivity index is 2.87. The van der Waals surface area contributed by atoms with Crippen molar-refractivity contribution in [2.24, 2.45) is 5.73 Å². The summed E-state index contributed by atoms with van der Waals surface area (Å²) < 4.78 is 39.2. The topological polar surface area (TPSA) is 60.9 Å². The molecule has 0 saturated heterocycles. The first-order valence-electron chi connectivity index (χ1n) is 5.09. The Bertz CT molecular complexity index is 409. The second kappa shape index (κ2) is 4.48. The average Bonchev–Trinajstić information content (AvgIpc) is 2.63. The van der Waals surface area contributed by atoms with Gasteiger partial charge in [0.25, 0.3) is 0 Å². The highest BCUT2D eigenvalue weighted by Crippen LogP contribution is 2.29. The van der Waals surface area contributed by atoms with Crippen molar-refractivity contribution in [3.63, 3.8) is 0 Å². The number of aromatic nitrogens is 2. The van der Waals surface area contributed by atoms with Crippen LogP contribution >= 0.6 is 0 Å². The van der Waals surface area contributed by atoms with E-state index in [1.807, 2.05) is 0 Å². The van der Waals surface area contributed by atoms with E-state index in [9.17, 15) is 18.0 Å². The number of carbonyl (C=O) groups excluding carboxylic acids is 1. The molecule has 0 bridgehead atoms. The second-order valence-electron chi connectivity index (χ2n) is 3.93. The molecule has 7 heteroatoms. The molecule has 0 saturated carbocycles. The summed E-state index contributed by atoms with van der Waals surface area (Å²) >= 11 is 0. The standard InChI is InChI=1S/C10H14F3N3O/c1-3-16-5-4-15-8(16)6-7(17)9(2,14)10(11,12)13/h4-5H,3,6,14H2,1-2H3. The maximum Gasteiger partial charge on any atom is 0.413 e.